The number of ketones is 1. The second kappa shape index (κ2) is 17.0. The van der Waals surface area contributed by atoms with Gasteiger partial charge in [-0.1, -0.05) is 43.7 Å². The normalized spacial score (nSPS) is 18.3. The molecule has 0 aromatic heterocycles. The third-order valence-electron chi connectivity index (χ3n) is 7.62. The van der Waals surface area contributed by atoms with Crippen molar-refractivity contribution in [2.24, 2.45) is 5.73 Å². The first-order chi connectivity index (χ1) is 21.4. The number of halogens is 3. The lowest BCUT2D eigenvalue weighted by atomic mass is 10.0. The highest BCUT2D eigenvalue weighted by molar-refractivity contribution is 5.96. The van der Waals surface area contributed by atoms with Crippen molar-refractivity contribution in [2.75, 3.05) is 19.8 Å². The molecule has 0 bridgehead atoms. The molecule has 1 fully saturated rings. The Morgan fingerprint density at radius 3 is 2.38 bits per heavy atom. The van der Waals surface area contributed by atoms with E-state index in [1.807, 2.05) is 13.8 Å². The molecule has 5 N–H and O–H groups in total. The number of carboxylic acids is 1. The summed E-state index contributed by atoms with van der Waals surface area (Å²) in [5, 5.41) is 15.8. The maximum Gasteiger partial charge on any atom is 0.326 e. The van der Waals surface area contributed by atoms with Crippen LogP contribution < -0.4 is 16.4 Å². The van der Waals surface area contributed by atoms with Gasteiger partial charge < -0.3 is 31.1 Å². The van der Waals surface area contributed by atoms with Crippen LogP contribution in [-0.2, 0) is 25.5 Å². The summed E-state index contributed by atoms with van der Waals surface area (Å²) in [4.78, 5) is 52.8. The van der Waals surface area contributed by atoms with Crippen LogP contribution in [0.4, 0.5) is 13.2 Å². The zero-order valence-corrected chi connectivity index (χ0v) is 25.4. The number of amides is 2. The van der Waals surface area contributed by atoms with Crippen LogP contribution in [0.2, 0.25) is 0 Å². The van der Waals surface area contributed by atoms with Gasteiger partial charge in [-0.05, 0) is 31.4 Å². The number of rotatable bonds is 17. The molecule has 5 atom stereocenters. The molecule has 1 saturated heterocycles. The smallest absolute Gasteiger partial charge is 0.326 e. The van der Waals surface area contributed by atoms with E-state index < -0.39 is 65.4 Å². The van der Waals surface area contributed by atoms with Crippen LogP contribution in [0.5, 0.6) is 0 Å². The average molecular weight is 635 g/mol. The lowest BCUT2D eigenvalue weighted by Gasteiger charge is -2.30. The first-order valence-corrected chi connectivity index (χ1v) is 15.1. The Kier molecular flexibility index (Phi) is 13.5. The number of hydrogen-bond acceptors (Lipinski definition) is 7. The van der Waals surface area contributed by atoms with E-state index in [2.05, 4.69) is 10.6 Å². The Morgan fingerprint density at radius 1 is 1.04 bits per heavy atom. The second-order valence-electron chi connectivity index (χ2n) is 11.2. The van der Waals surface area contributed by atoms with E-state index in [9.17, 15) is 37.5 Å². The van der Waals surface area contributed by atoms with Crippen LogP contribution in [0.1, 0.15) is 61.9 Å². The number of nitrogens with one attached hydrogen (secondary N) is 2. The summed E-state index contributed by atoms with van der Waals surface area (Å²) < 4.78 is 46.3. The van der Waals surface area contributed by atoms with Gasteiger partial charge in [0, 0.05) is 62.2 Å². The third kappa shape index (κ3) is 10.4. The van der Waals surface area contributed by atoms with Gasteiger partial charge in [0.15, 0.2) is 17.4 Å². The third-order valence-corrected chi connectivity index (χ3v) is 7.62. The summed E-state index contributed by atoms with van der Waals surface area (Å²) in [6.07, 6.45) is 0.454. The Morgan fingerprint density at radius 2 is 1.73 bits per heavy atom. The number of ether oxygens (including phenoxy) is 1. The molecule has 1 unspecified atom stereocenters. The number of benzene rings is 2. The van der Waals surface area contributed by atoms with Crippen LogP contribution in [0.25, 0.3) is 0 Å². The molecule has 10 nitrogen and oxygen atoms in total. The van der Waals surface area contributed by atoms with Gasteiger partial charge in [-0.15, -0.1) is 0 Å². The zero-order valence-electron chi connectivity index (χ0n) is 25.4. The van der Waals surface area contributed by atoms with E-state index in [1.54, 1.807) is 30.3 Å². The van der Waals surface area contributed by atoms with Crippen molar-refractivity contribution in [1.29, 1.82) is 0 Å². The number of carbonyl (C=O) groups is 4. The number of likely N-dealkylation sites (tertiary alicyclic amines) is 1. The number of hydrogen-bond donors (Lipinski definition) is 4. The van der Waals surface area contributed by atoms with Crippen LogP contribution in [0, 0.1) is 17.5 Å². The van der Waals surface area contributed by atoms with Gasteiger partial charge in [0.2, 0.25) is 11.8 Å². The van der Waals surface area contributed by atoms with E-state index >= 15 is 0 Å². The van der Waals surface area contributed by atoms with Crippen LogP contribution in [0.3, 0.4) is 0 Å². The quantitative estimate of drug-likeness (QED) is 0.153. The van der Waals surface area contributed by atoms with Crippen molar-refractivity contribution in [3.8, 4) is 0 Å². The fraction of sp³-hybridized carbons (Fsp3) is 0.500. The van der Waals surface area contributed by atoms with E-state index in [4.69, 9.17) is 10.5 Å². The summed E-state index contributed by atoms with van der Waals surface area (Å²) in [7, 11) is 0. The van der Waals surface area contributed by atoms with Gasteiger partial charge in [-0.25, -0.2) is 18.0 Å². The number of carboxylic acid groups (broad SMARTS) is 1. The molecule has 2 aromatic rings. The number of aliphatic carboxylic acids is 1. The molecule has 45 heavy (non-hydrogen) atoms. The second-order valence-corrected chi connectivity index (χ2v) is 11.2. The van der Waals surface area contributed by atoms with E-state index in [0.717, 1.165) is 0 Å². The van der Waals surface area contributed by atoms with Gasteiger partial charge in [-0.3, -0.25) is 14.4 Å². The molecule has 1 aliphatic heterocycles. The minimum absolute atomic E-state index is 0.0481. The SMILES string of the molecule is CCC[C@@H](NC(COCC)CC(=O)c1ccccc1)C(=O)N1C[C@@H](NC(=O)C[C@H](N)Cc2cc(F)c(F)cc2F)C[C@H]1C(=O)O. The van der Waals surface area contributed by atoms with Crippen molar-refractivity contribution in [3.63, 3.8) is 0 Å². The van der Waals surface area contributed by atoms with E-state index in [0.29, 0.717) is 37.1 Å². The first kappa shape index (κ1) is 35.7. The molecule has 246 valence electrons. The van der Waals surface area contributed by atoms with Crippen LogP contribution in [-0.4, -0.2) is 83.5 Å². The summed E-state index contributed by atoms with van der Waals surface area (Å²) >= 11 is 0. The molecule has 1 heterocycles. The first-order valence-electron chi connectivity index (χ1n) is 15.1. The fourth-order valence-corrected chi connectivity index (χ4v) is 5.46. The maximum absolute atomic E-state index is 14.0. The largest absolute Gasteiger partial charge is 0.480 e. The van der Waals surface area contributed by atoms with E-state index in [1.165, 1.54) is 4.90 Å². The number of nitrogens with two attached hydrogens (primary N) is 1. The van der Waals surface area contributed by atoms with Crippen molar-refractivity contribution in [3.05, 3.63) is 71.0 Å². The molecule has 0 saturated carbocycles. The molecule has 2 aromatic carbocycles. The number of Topliss-reactive ketones (excluding diaryl/α,β-unsaturated/α-hetero) is 1. The average Bonchev–Trinajstić information content (AvgIpc) is 3.42. The summed E-state index contributed by atoms with van der Waals surface area (Å²) in [5.41, 5.74) is 6.32. The van der Waals surface area contributed by atoms with Gasteiger partial charge in [0.05, 0.1) is 12.6 Å². The molecule has 1 aliphatic rings. The number of carbonyl (C=O) groups excluding carboxylic acids is 3. The summed E-state index contributed by atoms with van der Waals surface area (Å²) in [6, 6.07) is 5.69. The maximum atomic E-state index is 14.0. The van der Waals surface area contributed by atoms with Crippen molar-refractivity contribution < 1.29 is 42.2 Å². The molecule has 3 rings (SSSR count). The molecule has 0 aliphatic carbocycles. The molecule has 0 radical (unpaired) electrons. The van der Waals surface area contributed by atoms with Crippen molar-refractivity contribution in [2.45, 2.75) is 82.6 Å². The molecule has 2 amide bonds. The molecule has 0 spiro atoms. The summed E-state index contributed by atoms with van der Waals surface area (Å²) in [5.74, 6) is -5.95. The lowest BCUT2D eigenvalue weighted by molar-refractivity contribution is -0.149. The molecule has 13 heteroatoms. The minimum Gasteiger partial charge on any atom is -0.480 e. The standard InChI is InChI=1S/C32H41F3N4O6/c1-3-8-27(37-23(18-45-4-2)15-29(40)19-9-6-5-7-10-19)31(42)39-17-22(14-28(39)32(43)44)38-30(41)13-21(36)11-20-12-25(34)26(35)16-24(20)33/h5-7,9-10,12,16,21-23,27-28,37H,3-4,8,11,13-15,17-18,36H2,1-2H3,(H,38,41)(H,43,44)/t21-,22+,23?,27-,28+/m1/s1. The Labute approximate surface area is 260 Å². The highest BCUT2D eigenvalue weighted by atomic mass is 19.2. The van der Waals surface area contributed by atoms with Gasteiger partial charge in [0.25, 0.3) is 0 Å². The minimum atomic E-state index is -1.34. The topological polar surface area (TPSA) is 151 Å². The number of nitrogens with zero attached hydrogens (tertiary/aromatic N) is 1. The monoisotopic (exact) mass is 634 g/mol. The molecular formula is C32H41F3N4O6. The Balaban J connectivity index is 1.65. The van der Waals surface area contributed by atoms with Crippen molar-refractivity contribution >= 4 is 23.6 Å². The summed E-state index contributed by atoms with van der Waals surface area (Å²) in [6.45, 7) is 4.19. The molecular weight excluding hydrogens is 593 g/mol. The zero-order chi connectivity index (χ0) is 33.1. The van der Waals surface area contributed by atoms with E-state index in [-0.39, 0.29) is 50.2 Å². The predicted molar refractivity (Wildman–Crippen MR) is 160 cm³/mol. The van der Waals surface area contributed by atoms with Crippen molar-refractivity contribution in [1.82, 2.24) is 15.5 Å². The Hall–Kier alpha value is -3.81. The highest BCUT2D eigenvalue weighted by Gasteiger charge is 2.42. The van der Waals surface area contributed by atoms with Crippen LogP contribution >= 0.6 is 0 Å². The lowest BCUT2D eigenvalue weighted by Crippen LogP contribution is -2.54. The van der Waals surface area contributed by atoms with Gasteiger partial charge >= 0.3 is 5.97 Å². The van der Waals surface area contributed by atoms with Crippen LogP contribution in [0.15, 0.2) is 42.5 Å². The highest BCUT2D eigenvalue weighted by Crippen LogP contribution is 2.22. The predicted octanol–water partition coefficient (Wildman–Crippen LogP) is 2.97. The fourth-order valence-electron chi connectivity index (χ4n) is 5.46. The van der Waals surface area contributed by atoms with Gasteiger partial charge in [0.1, 0.15) is 11.9 Å². The Bertz CT molecular complexity index is 1330. The van der Waals surface area contributed by atoms with Gasteiger partial charge in [-0.2, -0.15) is 0 Å².